The maximum atomic E-state index is 14.9. The van der Waals surface area contributed by atoms with Crippen molar-refractivity contribution in [2.45, 2.75) is 190 Å². The Hall–Kier alpha value is -3.65. The first kappa shape index (κ1) is 46.7. The second-order valence-electron chi connectivity index (χ2n) is 27.4. The Labute approximate surface area is 406 Å². The van der Waals surface area contributed by atoms with Crippen LogP contribution in [0.15, 0.2) is 47.1 Å². The molecule has 0 bridgehead atoms. The molecule has 6 fully saturated rings. The van der Waals surface area contributed by atoms with Crippen molar-refractivity contribution < 1.29 is 38.4 Å². The molecule has 0 amide bonds. The standard InChI is InChI=1S/C60H80O8/c1-35-36-15-17-41-53(6,25-29-57(10)43-33-51(4,47(62)65-13)21-19-49(43,2)23-27-55(41,57)8)38(36)31-40-46(35)68-60(64)45(61)32-39-37(59(60,12)67-40)16-18-42-54(39,7)26-30-58(11)44-34-52(5,48(63)66-14)22-20-50(44,3)24-28-56(42,58)9/h15-18,31-32,41,43-44,64H,19-30,33-34H2,1-14H3. The smallest absolute Gasteiger partial charge is 0.317 e. The van der Waals surface area contributed by atoms with Crippen molar-refractivity contribution >= 4 is 23.8 Å². The molecule has 0 radical (unpaired) electrons. The SMILES string of the molecule is COC(=O)C1(C)CCC2(C)CCC3(C)C4=CC=C5C(=CC(=O)C6(O)Oc7c(cc8c(c7C)C=CC7C8(C)CCC8(C)C9CC(C)(C(=O)OC)CCC9(C)CCC78C)OC56C)C4(C)CCC3(C)C2C1. The fraction of sp³-hybridized carbons (Fsp3) is 0.717. The molecule has 1 aromatic rings. The monoisotopic (exact) mass is 929 g/mol. The van der Waals surface area contributed by atoms with E-state index in [0.717, 1.165) is 112 Å². The van der Waals surface area contributed by atoms with E-state index in [9.17, 15) is 19.5 Å². The molecule has 15 atom stereocenters. The second kappa shape index (κ2) is 13.6. The van der Waals surface area contributed by atoms with Crippen molar-refractivity contribution in [1.82, 2.24) is 0 Å². The highest BCUT2D eigenvalue weighted by Crippen LogP contribution is 2.78. The Morgan fingerprint density at radius 3 is 1.84 bits per heavy atom. The van der Waals surface area contributed by atoms with Crippen LogP contribution in [0.3, 0.4) is 0 Å². The molecule has 0 saturated heterocycles. The summed E-state index contributed by atoms with van der Waals surface area (Å²) in [4.78, 5) is 41.5. The molecule has 8 nitrogen and oxygen atoms in total. The van der Waals surface area contributed by atoms with Crippen LogP contribution in [0.2, 0.25) is 0 Å². The van der Waals surface area contributed by atoms with Crippen molar-refractivity contribution in [3.8, 4) is 11.5 Å². The molecule has 0 aromatic heterocycles. The van der Waals surface area contributed by atoms with E-state index in [4.69, 9.17) is 18.9 Å². The molecule has 368 valence electrons. The zero-order chi connectivity index (χ0) is 49.1. The topological polar surface area (TPSA) is 108 Å². The molecule has 68 heavy (non-hydrogen) atoms. The number of aliphatic hydroxyl groups is 1. The minimum Gasteiger partial charge on any atom is -0.471 e. The average Bonchev–Trinajstić information content (AvgIpc) is 3.29. The summed E-state index contributed by atoms with van der Waals surface area (Å²) in [5.74, 6) is -0.928. The van der Waals surface area contributed by atoms with Gasteiger partial charge in [-0.15, -0.1) is 0 Å². The lowest BCUT2D eigenvalue weighted by atomic mass is 9.33. The summed E-state index contributed by atoms with van der Waals surface area (Å²) in [5, 5.41) is 12.8. The van der Waals surface area contributed by atoms with E-state index >= 15 is 0 Å². The fourth-order valence-corrected chi connectivity index (χ4v) is 19.2. The van der Waals surface area contributed by atoms with E-state index in [-0.39, 0.29) is 55.8 Å². The lowest BCUT2D eigenvalue weighted by Crippen LogP contribution is -2.70. The van der Waals surface area contributed by atoms with Crippen LogP contribution in [-0.4, -0.2) is 48.4 Å². The zero-order valence-corrected chi connectivity index (χ0v) is 43.9. The van der Waals surface area contributed by atoms with Crippen LogP contribution >= 0.6 is 0 Å². The highest BCUT2D eigenvalue weighted by Gasteiger charge is 2.72. The number of carbonyl (C=O) groups is 3. The molecule has 6 saturated carbocycles. The molecule has 8 heteroatoms. The van der Waals surface area contributed by atoms with Gasteiger partial charge in [0.25, 0.3) is 0 Å². The average molecular weight is 929 g/mol. The first-order chi connectivity index (χ1) is 31.6. The summed E-state index contributed by atoms with van der Waals surface area (Å²) in [7, 11) is 3.07. The zero-order valence-electron chi connectivity index (χ0n) is 43.9. The van der Waals surface area contributed by atoms with Crippen LogP contribution in [0.4, 0.5) is 0 Å². The molecular weight excluding hydrogens is 849 g/mol. The van der Waals surface area contributed by atoms with Gasteiger partial charge in [-0.25, -0.2) is 0 Å². The fourth-order valence-electron chi connectivity index (χ4n) is 19.2. The number of esters is 2. The molecule has 1 aromatic carbocycles. The van der Waals surface area contributed by atoms with Crippen LogP contribution in [0.1, 0.15) is 183 Å². The summed E-state index contributed by atoms with van der Waals surface area (Å²) >= 11 is 0. The predicted molar refractivity (Wildman–Crippen MR) is 264 cm³/mol. The quantitative estimate of drug-likeness (QED) is 0.292. The third-order valence-corrected chi connectivity index (χ3v) is 24.5. The van der Waals surface area contributed by atoms with Crippen LogP contribution < -0.4 is 9.47 Å². The van der Waals surface area contributed by atoms with Crippen molar-refractivity contribution in [1.29, 1.82) is 0 Å². The van der Waals surface area contributed by atoms with Gasteiger partial charge < -0.3 is 24.1 Å². The maximum absolute atomic E-state index is 14.9. The van der Waals surface area contributed by atoms with Crippen LogP contribution in [0.25, 0.3) is 6.08 Å². The minimum absolute atomic E-state index is 0.0145. The number of ether oxygens (including phenoxy) is 4. The molecule has 9 aliphatic carbocycles. The van der Waals surface area contributed by atoms with Gasteiger partial charge in [-0.05, 0) is 197 Å². The first-order valence-electron chi connectivity index (χ1n) is 26.4. The predicted octanol–water partition coefficient (Wildman–Crippen LogP) is 12.7. The van der Waals surface area contributed by atoms with Crippen molar-refractivity contribution in [3.63, 3.8) is 0 Å². The van der Waals surface area contributed by atoms with Gasteiger partial charge in [0.05, 0.1) is 25.0 Å². The van der Waals surface area contributed by atoms with E-state index in [0.29, 0.717) is 23.3 Å². The summed E-state index contributed by atoms with van der Waals surface area (Å²) in [6.07, 6.45) is 24.6. The number of hydrogen-bond acceptors (Lipinski definition) is 8. The number of fused-ring (bicyclic) bond motifs is 17. The van der Waals surface area contributed by atoms with Crippen LogP contribution in [0.5, 0.6) is 11.5 Å². The molecule has 15 unspecified atom stereocenters. The maximum Gasteiger partial charge on any atom is 0.317 e. The normalized spacial score (nSPS) is 50.3. The summed E-state index contributed by atoms with van der Waals surface area (Å²) < 4.78 is 24.9. The number of hydrogen-bond donors (Lipinski definition) is 1. The van der Waals surface area contributed by atoms with Gasteiger partial charge in [0.1, 0.15) is 0 Å². The number of carbonyl (C=O) groups excluding carboxylic acids is 3. The number of rotatable bonds is 2. The molecule has 1 aliphatic heterocycles. The van der Waals surface area contributed by atoms with E-state index < -0.39 is 33.4 Å². The lowest BCUT2D eigenvalue weighted by molar-refractivity contribution is -0.231. The Morgan fingerprint density at radius 1 is 0.662 bits per heavy atom. The minimum atomic E-state index is -2.27. The molecule has 0 spiro atoms. The molecule has 1 heterocycles. The third-order valence-electron chi connectivity index (χ3n) is 24.5. The van der Waals surface area contributed by atoms with Gasteiger partial charge in [0.15, 0.2) is 11.5 Å². The number of methoxy groups -OCH3 is 2. The highest BCUT2D eigenvalue weighted by atomic mass is 16.7. The number of ketones is 1. The van der Waals surface area contributed by atoms with Gasteiger partial charge in [0, 0.05) is 22.0 Å². The summed E-state index contributed by atoms with van der Waals surface area (Å²) in [5.41, 5.74) is 3.15. The number of benzene rings is 1. The Balaban J connectivity index is 0.965. The number of allylic oxidation sites excluding steroid dienone is 4. The molecule has 10 aliphatic rings. The second-order valence-corrected chi connectivity index (χ2v) is 27.4. The molecular formula is C60H80O8. The molecule has 1 N–H and O–H groups in total. The Bertz CT molecular complexity index is 2620. The highest BCUT2D eigenvalue weighted by molar-refractivity contribution is 6.02. The lowest BCUT2D eigenvalue weighted by Gasteiger charge is -2.71. The van der Waals surface area contributed by atoms with Gasteiger partial charge in [0.2, 0.25) is 11.4 Å². The van der Waals surface area contributed by atoms with E-state index in [2.05, 4.69) is 107 Å². The van der Waals surface area contributed by atoms with Gasteiger partial charge in [-0.3, -0.25) is 14.4 Å². The Morgan fingerprint density at radius 2 is 1.22 bits per heavy atom. The third kappa shape index (κ3) is 5.25. The molecule has 11 rings (SSSR count). The van der Waals surface area contributed by atoms with Gasteiger partial charge in [-0.2, -0.15) is 0 Å². The van der Waals surface area contributed by atoms with E-state index in [1.165, 1.54) is 18.2 Å². The van der Waals surface area contributed by atoms with Crippen molar-refractivity contribution in [3.05, 3.63) is 63.8 Å². The van der Waals surface area contributed by atoms with E-state index in [1.807, 2.05) is 6.92 Å². The van der Waals surface area contributed by atoms with Crippen molar-refractivity contribution in [2.75, 3.05) is 14.2 Å². The first-order valence-corrected chi connectivity index (χ1v) is 26.4. The Kier molecular flexibility index (Phi) is 9.37. The summed E-state index contributed by atoms with van der Waals surface area (Å²) in [6.45, 7) is 28.0. The van der Waals surface area contributed by atoms with Gasteiger partial charge >= 0.3 is 17.7 Å². The summed E-state index contributed by atoms with van der Waals surface area (Å²) in [6, 6.07) is 2.21. The van der Waals surface area contributed by atoms with Crippen LogP contribution in [-0.2, 0) is 29.3 Å². The van der Waals surface area contributed by atoms with Crippen LogP contribution in [0, 0.1) is 73.4 Å². The largest absolute Gasteiger partial charge is 0.471 e. The van der Waals surface area contributed by atoms with Crippen molar-refractivity contribution in [2.24, 2.45) is 66.5 Å². The van der Waals surface area contributed by atoms with E-state index in [1.54, 1.807) is 13.2 Å². The van der Waals surface area contributed by atoms with Gasteiger partial charge in [-0.1, -0.05) is 85.3 Å².